The number of carbonyl (C=O) groups is 2. The van der Waals surface area contributed by atoms with Crippen LogP contribution in [0.1, 0.15) is 32.1 Å². The largest absolute Gasteiger partial charge is 0.394 e. The molecule has 28 heavy (non-hydrogen) atoms. The van der Waals surface area contributed by atoms with Gasteiger partial charge in [-0.1, -0.05) is 0 Å². The number of hydrogen-bond donors (Lipinski definition) is 5. The molecule has 162 valence electrons. The average Bonchev–Trinajstić information content (AvgIpc) is 3.12. The molecular formula is C18H32N2O8. The number of nitrogens with one attached hydrogen (secondary N) is 1. The van der Waals surface area contributed by atoms with Gasteiger partial charge in [0.15, 0.2) is 0 Å². The molecule has 0 aromatic carbocycles. The number of amides is 2. The van der Waals surface area contributed by atoms with E-state index in [1.165, 1.54) is 4.90 Å². The zero-order chi connectivity index (χ0) is 20.5. The van der Waals surface area contributed by atoms with Gasteiger partial charge in [0.05, 0.1) is 6.61 Å². The predicted molar refractivity (Wildman–Crippen MR) is 97.3 cm³/mol. The normalized spacial score (nSPS) is 32.4. The maximum Gasteiger partial charge on any atom is 0.245 e. The molecule has 0 bridgehead atoms. The summed E-state index contributed by atoms with van der Waals surface area (Å²) < 4.78 is 11.0. The molecule has 2 rings (SSSR count). The Morgan fingerprint density at radius 2 is 1.93 bits per heavy atom. The van der Waals surface area contributed by atoms with Crippen molar-refractivity contribution in [2.24, 2.45) is 0 Å². The van der Waals surface area contributed by atoms with Gasteiger partial charge in [-0.3, -0.25) is 9.59 Å². The van der Waals surface area contributed by atoms with Gasteiger partial charge in [-0.2, -0.15) is 0 Å². The van der Waals surface area contributed by atoms with E-state index in [4.69, 9.17) is 9.47 Å². The second kappa shape index (κ2) is 11.6. The van der Waals surface area contributed by atoms with E-state index in [0.29, 0.717) is 39.0 Å². The van der Waals surface area contributed by atoms with Crippen LogP contribution in [0, 0.1) is 0 Å². The van der Waals surface area contributed by atoms with Crippen molar-refractivity contribution >= 4 is 11.8 Å². The molecule has 2 amide bonds. The van der Waals surface area contributed by atoms with Gasteiger partial charge in [0, 0.05) is 39.3 Å². The monoisotopic (exact) mass is 404 g/mol. The number of ether oxygens (including phenoxy) is 2. The summed E-state index contributed by atoms with van der Waals surface area (Å²) in [6.07, 6.45) is -2.87. The van der Waals surface area contributed by atoms with Crippen molar-refractivity contribution in [1.82, 2.24) is 10.2 Å². The van der Waals surface area contributed by atoms with Crippen LogP contribution in [0.15, 0.2) is 0 Å². The summed E-state index contributed by atoms with van der Waals surface area (Å²) in [6, 6.07) is -0.647. The van der Waals surface area contributed by atoms with Crippen LogP contribution in [0.2, 0.25) is 0 Å². The van der Waals surface area contributed by atoms with Gasteiger partial charge in [-0.15, -0.1) is 0 Å². The smallest absolute Gasteiger partial charge is 0.245 e. The second-order valence-electron chi connectivity index (χ2n) is 7.26. The summed E-state index contributed by atoms with van der Waals surface area (Å²) in [5, 5.41) is 42.8. The lowest BCUT2D eigenvalue weighted by molar-refractivity contribution is -0.153. The van der Waals surface area contributed by atoms with Crippen LogP contribution in [-0.2, 0) is 19.1 Å². The predicted octanol–water partition coefficient (Wildman–Crippen LogP) is -2.25. The summed E-state index contributed by atoms with van der Waals surface area (Å²) in [6.45, 7) is 0.675. The molecule has 2 saturated heterocycles. The Balaban J connectivity index is 2.09. The molecule has 0 unspecified atom stereocenters. The Morgan fingerprint density at radius 1 is 1.21 bits per heavy atom. The number of rotatable bonds is 3. The van der Waals surface area contributed by atoms with E-state index in [0.717, 1.165) is 6.42 Å². The molecule has 0 aromatic heterocycles. The van der Waals surface area contributed by atoms with E-state index in [-0.39, 0.29) is 31.4 Å². The lowest BCUT2D eigenvalue weighted by Crippen LogP contribution is -2.54. The molecule has 2 aliphatic rings. The highest BCUT2D eigenvalue weighted by Crippen LogP contribution is 2.15. The third-order valence-electron chi connectivity index (χ3n) is 5.02. The van der Waals surface area contributed by atoms with Crippen molar-refractivity contribution in [2.75, 3.05) is 39.5 Å². The molecule has 0 aromatic rings. The van der Waals surface area contributed by atoms with Gasteiger partial charge in [-0.25, -0.2) is 0 Å². The SMILES string of the molecule is O=C1CC[C@@H](C(=O)N2CCCOCCCCO[C@H]([C@H](O)CO)[C@H](O)[C@@H](O)C2)N1. The molecule has 0 spiro atoms. The summed E-state index contributed by atoms with van der Waals surface area (Å²) in [4.78, 5) is 25.6. The summed E-state index contributed by atoms with van der Waals surface area (Å²) in [5.41, 5.74) is 0. The van der Waals surface area contributed by atoms with Crippen LogP contribution in [0.4, 0.5) is 0 Å². The van der Waals surface area contributed by atoms with E-state index in [1.807, 2.05) is 0 Å². The summed E-state index contributed by atoms with van der Waals surface area (Å²) in [5.74, 6) is -0.520. The molecule has 10 nitrogen and oxygen atoms in total. The van der Waals surface area contributed by atoms with Crippen LogP contribution in [0.25, 0.3) is 0 Å². The maximum absolute atomic E-state index is 12.8. The highest BCUT2D eigenvalue weighted by Gasteiger charge is 2.36. The van der Waals surface area contributed by atoms with Gasteiger partial charge in [0.25, 0.3) is 0 Å². The van der Waals surface area contributed by atoms with Gasteiger partial charge in [0.1, 0.15) is 30.5 Å². The van der Waals surface area contributed by atoms with E-state index < -0.39 is 37.1 Å². The molecule has 5 N–H and O–H groups in total. The van der Waals surface area contributed by atoms with Crippen LogP contribution < -0.4 is 5.32 Å². The van der Waals surface area contributed by atoms with Crippen molar-refractivity contribution in [3.05, 3.63) is 0 Å². The summed E-state index contributed by atoms with van der Waals surface area (Å²) >= 11 is 0. The Bertz CT molecular complexity index is 506. The minimum Gasteiger partial charge on any atom is -0.394 e. The van der Waals surface area contributed by atoms with Crippen LogP contribution in [0.5, 0.6) is 0 Å². The lowest BCUT2D eigenvalue weighted by atomic mass is 10.0. The molecule has 10 heteroatoms. The van der Waals surface area contributed by atoms with Crippen LogP contribution in [0.3, 0.4) is 0 Å². The second-order valence-corrected chi connectivity index (χ2v) is 7.26. The molecule has 2 aliphatic heterocycles. The number of β-amino-alcohol motifs (C(OH)–C–C–N with tert-alkyl or cyclic N) is 1. The van der Waals surface area contributed by atoms with E-state index in [9.17, 15) is 30.0 Å². The topological polar surface area (TPSA) is 149 Å². The third-order valence-corrected chi connectivity index (χ3v) is 5.02. The van der Waals surface area contributed by atoms with E-state index in [2.05, 4.69) is 5.32 Å². The van der Waals surface area contributed by atoms with Gasteiger partial charge < -0.3 is 40.1 Å². The fraction of sp³-hybridized carbons (Fsp3) is 0.889. The number of aliphatic hydroxyl groups excluding tert-OH is 4. The Labute approximate surface area is 164 Å². The van der Waals surface area contributed by atoms with Crippen LogP contribution >= 0.6 is 0 Å². The maximum atomic E-state index is 12.8. The zero-order valence-electron chi connectivity index (χ0n) is 16.0. The standard InChI is InChI=1S/C18H32N2O8/c21-11-14(23)17-16(25)13(22)10-20(18(26)12-4-5-15(24)19-12)6-3-8-27-7-1-2-9-28-17/h12-14,16-17,21-23,25H,1-11H2,(H,19,24)/t12-,13-,14+,16+,17+/m0/s1. The molecule has 0 radical (unpaired) electrons. The molecule has 2 fully saturated rings. The molecule has 0 saturated carbocycles. The fourth-order valence-electron chi connectivity index (χ4n) is 3.39. The quantitative estimate of drug-likeness (QED) is 0.354. The van der Waals surface area contributed by atoms with Crippen molar-refractivity contribution < 1.29 is 39.5 Å². The van der Waals surface area contributed by atoms with Crippen molar-refractivity contribution in [3.63, 3.8) is 0 Å². The van der Waals surface area contributed by atoms with E-state index in [1.54, 1.807) is 0 Å². The Hall–Kier alpha value is -1.30. The average molecular weight is 404 g/mol. The highest BCUT2D eigenvalue weighted by molar-refractivity contribution is 5.90. The number of nitrogens with zero attached hydrogens (tertiary/aromatic N) is 1. The number of aliphatic hydroxyl groups is 4. The minimum absolute atomic E-state index is 0.190. The van der Waals surface area contributed by atoms with Gasteiger partial charge >= 0.3 is 0 Å². The van der Waals surface area contributed by atoms with Crippen LogP contribution in [-0.4, -0.2) is 107 Å². The zero-order valence-corrected chi connectivity index (χ0v) is 16.0. The first-order valence-corrected chi connectivity index (χ1v) is 9.86. The molecular weight excluding hydrogens is 372 g/mol. The van der Waals surface area contributed by atoms with Gasteiger partial charge in [-0.05, 0) is 25.7 Å². The van der Waals surface area contributed by atoms with Crippen molar-refractivity contribution in [1.29, 1.82) is 0 Å². The minimum atomic E-state index is -1.49. The highest BCUT2D eigenvalue weighted by atomic mass is 16.5. The van der Waals surface area contributed by atoms with Gasteiger partial charge in [0.2, 0.25) is 11.8 Å². The van der Waals surface area contributed by atoms with Crippen molar-refractivity contribution in [2.45, 2.75) is 62.6 Å². The van der Waals surface area contributed by atoms with Crippen molar-refractivity contribution in [3.8, 4) is 0 Å². The number of carbonyl (C=O) groups excluding carboxylic acids is 2. The molecule has 2 heterocycles. The number of hydrogen-bond acceptors (Lipinski definition) is 8. The first-order chi connectivity index (χ1) is 13.4. The first-order valence-electron chi connectivity index (χ1n) is 9.86. The Morgan fingerprint density at radius 3 is 2.61 bits per heavy atom. The summed E-state index contributed by atoms with van der Waals surface area (Å²) in [7, 11) is 0. The lowest BCUT2D eigenvalue weighted by Gasteiger charge is -2.34. The third kappa shape index (κ3) is 6.64. The first kappa shape index (κ1) is 23.0. The fourth-order valence-corrected chi connectivity index (χ4v) is 3.39. The molecule has 0 aliphatic carbocycles. The molecule has 5 atom stereocenters. The Kier molecular flexibility index (Phi) is 9.56. The van der Waals surface area contributed by atoms with E-state index >= 15 is 0 Å².